The molecule has 0 aliphatic carbocycles. The van der Waals surface area contributed by atoms with Crippen molar-refractivity contribution >= 4 is 44.9 Å². The minimum Gasteiger partial charge on any atom is -0.309 e. The molecule has 1 aliphatic heterocycles. The van der Waals surface area contributed by atoms with Gasteiger partial charge in [-0.2, -0.15) is 0 Å². The average molecular weight is 518 g/mol. The summed E-state index contributed by atoms with van der Waals surface area (Å²) >= 11 is 0. The van der Waals surface area contributed by atoms with Gasteiger partial charge < -0.3 is 9.13 Å². The van der Waals surface area contributed by atoms with Crippen molar-refractivity contribution in [1.29, 1.82) is 0 Å². The van der Waals surface area contributed by atoms with Gasteiger partial charge in [0, 0.05) is 32.2 Å². The Balaban J connectivity index is 1.50. The molecule has 0 fully saturated rings. The molecule has 0 spiro atoms. The lowest BCUT2D eigenvalue weighted by Gasteiger charge is -2.16. The van der Waals surface area contributed by atoms with E-state index in [0.717, 1.165) is 54.5 Å². The molecule has 184 valence electrons. The minimum absolute atomic E-state index is 0.883. The maximum absolute atomic E-state index is 15.1. The number of hydrogen-bond acceptors (Lipinski definition) is 1. The second-order valence-corrected chi connectivity index (χ2v) is 12.8. The maximum atomic E-state index is 15.1. The summed E-state index contributed by atoms with van der Waals surface area (Å²) in [7, 11) is -3.01. The van der Waals surface area contributed by atoms with Gasteiger partial charge in [-0.3, -0.25) is 0 Å². The van der Waals surface area contributed by atoms with E-state index in [1.807, 2.05) is 48.5 Å². The van der Waals surface area contributed by atoms with E-state index in [4.69, 9.17) is 0 Å². The van der Waals surface area contributed by atoms with Crippen LogP contribution >= 0.6 is 7.14 Å². The van der Waals surface area contributed by atoms with Crippen molar-refractivity contribution in [2.75, 3.05) is 0 Å². The van der Waals surface area contributed by atoms with Gasteiger partial charge in [0.1, 0.15) is 0 Å². The number of para-hydroxylation sites is 2. The van der Waals surface area contributed by atoms with Gasteiger partial charge in [-0.15, -0.1) is 0 Å². The summed E-state index contributed by atoms with van der Waals surface area (Å²) in [6.07, 6.45) is 0. The molecule has 2 nitrogen and oxygen atoms in total. The van der Waals surface area contributed by atoms with Crippen LogP contribution in [0.5, 0.6) is 0 Å². The van der Waals surface area contributed by atoms with Gasteiger partial charge in [-0.1, -0.05) is 121 Å². The molecule has 0 amide bonds. The van der Waals surface area contributed by atoms with E-state index in [0.29, 0.717) is 0 Å². The second kappa shape index (κ2) is 8.43. The van der Waals surface area contributed by atoms with E-state index >= 15 is 4.57 Å². The van der Waals surface area contributed by atoms with Crippen molar-refractivity contribution in [3.63, 3.8) is 0 Å². The Bertz CT molecular complexity index is 2090. The minimum atomic E-state index is -3.01. The number of benzene rings is 6. The molecule has 7 aromatic rings. The molecule has 1 aliphatic rings. The van der Waals surface area contributed by atoms with Crippen LogP contribution in [0.25, 0.3) is 49.7 Å². The van der Waals surface area contributed by atoms with Crippen molar-refractivity contribution < 1.29 is 4.57 Å². The van der Waals surface area contributed by atoms with Crippen LogP contribution in [0.1, 0.15) is 0 Å². The van der Waals surface area contributed by atoms with Crippen molar-refractivity contribution in [3.8, 4) is 27.9 Å². The van der Waals surface area contributed by atoms with Gasteiger partial charge in [0.15, 0.2) is 7.14 Å². The molecule has 6 aromatic carbocycles. The molecule has 0 saturated heterocycles. The van der Waals surface area contributed by atoms with Gasteiger partial charge in [0.05, 0.1) is 16.7 Å². The molecule has 0 N–H and O–H groups in total. The predicted molar refractivity (Wildman–Crippen MR) is 165 cm³/mol. The summed E-state index contributed by atoms with van der Waals surface area (Å²) < 4.78 is 17.5. The second-order valence-electron chi connectivity index (χ2n) is 10.1. The van der Waals surface area contributed by atoms with E-state index in [9.17, 15) is 0 Å². The maximum Gasteiger partial charge on any atom is 0.172 e. The molecule has 1 atom stereocenters. The highest BCUT2D eigenvalue weighted by Crippen LogP contribution is 2.53. The molecular weight excluding hydrogens is 493 g/mol. The molecule has 3 heteroatoms. The number of fused-ring (bicyclic) bond motifs is 6. The zero-order valence-corrected chi connectivity index (χ0v) is 22.1. The van der Waals surface area contributed by atoms with E-state index < -0.39 is 7.14 Å². The van der Waals surface area contributed by atoms with Crippen LogP contribution in [0, 0.1) is 0 Å². The Morgan fingerprint density at radius 1 is 0.462 bits per heavy atom. The molecule has 1 unspecified atom stereocenters. The highest BCUT2D eigenvalue weighted by molar-refractivity contribution is 7.86. The van der Waals surface area contributed by atoms with Crippen molar-refractivity contribution in [3.05, 3.63) is 146 Å². The lowest BCUT2D eigenvalue weighted by Crippen LogP contribution is -2.20. The molecule has 39 heavy (non-hydrogen) atoms. The molecule has 0 bridgehead atoms. The quantitative estimate of drug-likeness (QED) is 0.217. The highest BCUT2D eigenvalue weighted by Gasteiger charge is 2.40. The number of rotatable bonds is 3. The first kappa shape index (κ1) is 22.3. The highest BCUT2D eigenvalue weighted by atomic mass is 31.2. The number of nitrogens with zero attached hydrogens (tertiary/aromatic N) is 1. The third-order valence-electron chi connectivity index (χ3n) is 8.01. The van der Waals surface area contributed by atoms with Gasteiger partial charge in [0.25, 0.3) is 0 Å². The van der Waals surface area contributed by atoms with Crippen LogP contribution in [-0.4, -0.2) is 4.57 Å². The summed E-state index contributed by atoms with van der Waals surface area (Å²) in [5.74, 6) is 0. The number of hydrogen-bond donors (Lipinski definition) is 0. The smallest absolute Gasteiger partial charge is 0.172 e. The fraction of sp³-hybridized carbons (Fsp3) is 0. The standard InChI is InChI=1S/C36H24NOP/c38-39(26-15-5-2-6-16-26)35-22-12-9-19-29(35)31-23-34-30(24-36(31)39)28-18-8-11-21-33(28)37(34)32-20-10-7-17-27(32)25-13-3-1-4-14-25/h1-24H. The summed E-state index contributed by atoms with van der Waals surface area (Å²) in [5.41, 5.74) is 7.88. The van der Waals surface area contributed by atoms with Gasteiger partial charge in [-0.05, 0) is 41.0 Å². The predicted octanol–water partition coefficient (Wildman–Crippen LogP) is 8.07. The molecule has 1 aromatic heterocycles. The zero-order valence-electron chi connectivity index (χ0n) is 21.2. The summed E-state index contributed by atoms with van der Waals surface area (Å²) in [6, 6.07) is 50.4. The van der Waals surface area contributed by atoms with Crippen LogP contribution < -0.4 is 15.9 Å². The molecule has 0 radical (unpaired) electrons. The Morgan fingerprint density at radius 2 is 1.10 bits per heavy atom. The summed E-state index contributed by atoms with van der Waals surface area (Å²) in [5, 5.41) is 5.03. The average Bonchev–Trinajstić information content (AvgIpc) is 3.47. The Morgan fingerprint density at radius 3 is 1.92 bits per heavy atom. The molecular formula is C36H24NOP. The largest absolute Gasteiger partial charge is 0.309 e. The van der Waals surface area contributed by atoms with E-state index in [-0.39, 0.29) is 0 Å². The van der Waals surface area contributed by atoms with Crippen LogP contribution in [0.3, 0.4) is 0 Å². The first-order valence-electron chi connectivity index (χ1n) is 13.2. The molecule has 8 rings (SSSR count). The lowest BCUT2D eigenvalue weighted by molar-refractivity contribution is 0.593. The van der Waals surface area contributed by atoms with E-state index in [2.05, 4.69) is 102 Å². The van der Waals surface area contributed by atoms with Gasteiger partial charge in [0.2, 0.25) is 0 Å². The summed E-state index contributed by atoms with van der Waals surface area (Å²) in [6.45, 7) is 0. The van der Waals surface area contributed by atoms with Gasteiger partial charge >= 0.3 is 0 Å². The topological polar surface area (TPSA) is 22.0 Å². The Kier molecular flexibility index (Phi) is 4.83. The van der Waals surface area contributed by atoms with Crippen molar-refractivity contribution in [1.82, 2.24) is 4.57 Å². The van der Waals surface area contributed by atoms with Crippen LogP contribution in [-0.2, 0) is 4.57 Å². The van der Waals surface area contributed by atoms with Crippen LogP contribution in [0.15, 0.2) is 146 Å². The first-order valence-corrected chi connectivity index (χ1v) is 14.9. The first-order chi connectivity index (χ1) is 19.2. The third-order valence-corrected chi connectivity index (χ3v) is 11.2. The number of aromatic nitrogens is 1. The lowest BCUT2D eigenvalue weighted by atomic mass is 10.0. The van der Waals surface area contributed by atoms with Crippen molar-refractivity contribution in [2.45, 2.75) is 0 Å². The van der Waals surface area contributed by atoms with Crippen molar-refractivity contribution in [2.24, 2.45) is 0 Å². The zero-order chi connectivity index (χ0) is 26.0. The third kappa shape index (κ3) is 3.13. The monoisotopic (exact) mass is 517 g/mol. The Labute approximate surface area is 227 Å². The fourth-order valence-electron chi connectivity index (χ4n) is 6.29. The van der Waals surface area contributed by atoms with E-state index in [1.54, 1.807) is 0 Å². The van der Waals surface area contributed by atoms with Crippen LogP contribution in [0.4, 0.5) is 0 Å². The SMILES string of the molecule is O=P1(c2ccccc2)c2ccccc2-c2cc3c(cc21)c1ccccc1n3-c1ccccc1-c1ccccc1. The van der Waals surface area contributed by atoms with Gasteiger partial charge in [-0.25, -0.2) is 0 Å². The normalized spacial score (nSPS) is 15.9. The van der Waals surface area contributed by atoms with Crippen LogP contribution in [0.2, 0.25) is 0 Å². The fourth-order valence-corrected chi connectivity index (χ4v) is 9.37. The Hall–Kier alpha value is -4.65. The summed E-state index contributed by atoms with van der Waals surface area (Å²) in [4.78, 5) is 0. The van der Waals surface area contributed by atoms with E-state index in [1.165, 1.54) is 11.1 Å². The molecule has 0 saturated carbocycles. The molecule has 2 heterocycles.